The highest BCUT2D eigenvalue weighted by molar-refractivity contribution is 7.16. The summed E-state index contributed by atoms with van der Waals surface area (Å²) in [6, 6.07) is 2.13. The second-order valence-electron chi connectivity index (χ2n) is 5.24. The number of rotatable bonds is 2. The predicted molar refractivity (Wildman–Crippen MR) is 75.6 cm³/mol. The lowest BCUT2D eigenvalue weighted by molar-refractivity contribution is 0.152. The van der Waals surface area contributed by atoms with Crippen molar-refractivity contribution in [1.29, 1.82) is 0 Å². The molecule has 3 rings (SSSR count). The molecule has 19 heavy (non-hydrogen) atoms. The van der Waals surface area contributed by atoms with Crippen LogP contribution in [0.3, 0.4) is 0 Å². The van der Waals surface area contributed by atoms with Crippen LogP contribution >= 0.6 is 11.3 Å². The van der Waals surface area contributed by atoms with Crippen LogP contribution in [0.5, 0.6) is 0 Å². The molecule has 3 heterocycles. The highest BCUT2D eigenvalue weighted by Gasteiger charge is 2.20. The molecular formula is C13H18N4OS. The van der Waals surface area contributed by atoms with Gasteiger partial charge in [0.15, 0.2) is 0 Å². The molecule has 0 aromatic carbocycles. The van der Waals surface area contributed by atoms with Gasteiger partial charge in [0.1, 0.15) is 5.01 Å². The Hall–Kier alpha value is -1.27. The third-order valence-electron chi connectivity index (χ3n) is 3.69. The highest BCUT2D eigenvalue weighted by Crippen LogP contribution is 2.21. The Labute approximate surface area is 115 Å². The number of fused-ring (bicyclic) bond motifs is 1. The minimum Gasteiger partial charge on any atom is -0.294 e. The Kier molecular flexibility index (Phi) is 3.36. The van der Waals surface area contributed by atoms with Gasteiger partial charge in [0, 0.05) is 17.8 Å². The second kappa shape index (κ2) is 5.02. The van der Waals surface area contributed by atoms with Gasteiger partial charge in [-0.2, -0.15) is 9.61 Å². The summed E-state index contributed by atoms with van der Waals surface area (Å²) in [6.45, 7) is 6.06. The molecule has 1 atom stereocenters. The van der Waals surface area contributed by atoms with Crippen LogP contribution in [-0.2, 0) is 6.54 Å². The number of piperidine rings is 1. The average Bonchev–Trinajstić information content (AvgIpc) is 2.75. The molecule has 2 aromatic rings. The van der Waals surface area contributed by atoms with Crippen molar-refractivity contribution in [3.05, 3.63) is 27.1 Å². The van der Waals surface area contributed by atoms with Gasteiger partial charge in [0.2, 0.25) is 4.96 Å². The normalized spacial score (nSPS) is 21.1. The number of aryl methyl sites for hydroxylation is 1. The van der Waals surface area contributed by atoms with Gasteiger partial charge in [-0.25, -0.2) is 4.98 Å². The molecule has 0 N–H and O–H groups in total. The van der Waals surface area contributed by atoms with E-state index in [1.165, 1.54) is 41.2 Å². The molecule has 0 spiro atoms. The van der Waals surface area contributed by atoms with Gasteiger partial charge in [-0.3, -0.25) is 9.69 Å². The first kappa shape index (κ1) is 12.7. The van der Waals surface area contributed by atoms with E-state index in [4.69, 9.17) is 0 Å². The molecular weight excluding hydrogens is 260 g/mol. The SMILES string of the molecule is Cc1cc(=O)n2nc(CN3CCCCC3C)sc2n1. The molecule has 6 heteroatoms. The summed E-state index contributed by atoms with van der Waals surface area (Å²) in [5.41, 5.74) is 0.670. The minimum atomic E-state index is -0.0864. The predicted octanol–water partition coefficient (Wildman–Crippen LogP) is 1.83. The number of aromatic nitrogens is 3. The fraction of sp³-hybridized carbons (Fsp3) is 0.615. The quantitative estimate of drug-likeness (QED) is 0.841. The van der Waals surface area contributed by atoms with E-state index in [9.17, 15) is 4.79 Å². The molecule has 1 fully saturated rings. The van der Waals surface area contributed by atoms with E-state index in [0.717, 1.165) is 23.8 Å². The van der Waals surface area contributed by atoms with Crippen molar-refractivity contribution in [1.82, 2.24) is 19.5 Å². The maximum Gasteiger partial charge on any atom is 0.275 e. The summed E-state index contributed by atoms with van der Waals surface area (Å²) in [5, 5.41) is 5.38. The molecule has 0 saturated carbocycles. The molecule has 1 aliphatic rings. The van der Waals surface area contributed by atoms with Crippen LogP contribution in [0.25, 0.3) is 4.96 Å². The van der Waals surface area contributed by atoms with Crippen LogP contribution in [0.4, 0.5) is 0 Å². The largest absolute Gasteiger partial charge is 0.294 e. The highest BCUT2D eigenvalue weighted by atomic mass is 32.1. The van der Waals surface area contributed by atoms with Crippen molar-refractivity contribution in [3.8, 4) is 0 Å². The van der Waals surface area contributed by atoms with Crippen LogP contribution in [0.15, 0.2) is 10.9 Å². The molecule has 0 radical (unpaired) electrons. The molecule has 0 aliphatic carbocycles. The smallest absolute Gasteiger partial charge is 0.275 e. The fourth-order valence-electron chi connectivity index (χ4n) is 2.59. The van der Waals surface area contributed by atoms with E-state index in [2.05, 4.69) is 21.9 Å². The molecule has 0 amide bonds. The van der Waals surface area contributed by atoms with Gasteiger partial charge in [-0.05, 0) is 33.2 Å². The van der Waals surface area contributed by atoms with Crippen LogP contribution in [0.2, 0.25) is 0 Å². The van der Waals surface area contributed by atoms with Crippen molar-refractivity contribution >= 4 is 16.3 Å². The number of hydrogen-bond acceptors (Lipinski definition) is 5. The number of hydrogen-bond donors (Lipinski definition) is 0. The zero-order chi connectivity index (χ0) is 13.4. The standard InChI is InChI=1S/C13H18N4OS/c1-9-7-12(18)17-13(14-9)19-11(15-17)8-16-6-4-3-5-10(16)2/h7,10H,3-6,8H2,1-2H3. The van der Waals surface area contributed by atoms with E-state index >= 15 is 0 Å². The Morgan fingerprint density at radius 2 is 2.32 bits per heavy atom. The molecule has 1 aliphatic heterocycles. The van der Waals surface area contributed by atoms with E-state index in [1.807, 2.05) is 6.92 Å². The van der Waals surface area contributed by atoms with Gasteiger partial charge in [-0.15, -0.1) is 0 Å². The Bertz CT molecular complexity index is 648. The first-order valence-electron chi connectivity index (χ1n) is 6.74. The first-order valence-corrected chi connectivity index (χ1v) is 7.55. The lowest BCUT2D eigenvalue weighted by Gasteiger charge is -2.32. The number of nitrogens with zero attached hydrogens (tertiary/aromatic N) is 4. The van der Waals surface area contributed by atoms with Gasteiger partial charge >= 0.3 is 0 Å². The van der Waals surface area contributed by atoms with E-state index in [0.29, 0.717) is 11.0 Å². The van der Waals surface area contributed by atoms with Crippen LogP contribution in [0, 0.1) is 6.92 Å². The zero-order valence-electron chi connectivity index (χ0n) is 11.3. The van der Waals surface area contributed by atoms with Crippen molar-refractivity contribution in [2.24, 2.45) is 0 Å². The maximum atomic E-state index is 11.8. The van der Waals surface area contributed by atoms with Gasteiger partial charge in [0.25, 0.3) is 5.56 Å². The second-order valence-corrected chi connectivity index (χ2v) is 6.28. The first-order chi connectivity index (χ1) is 9.13. The molecule has 5 nitrogen and oxygen atoms in total. The van der Waals surface area contributed by atoms with E-state index in [-0.39, 0.29) is 5.56 Å². The Morgan fingerprint density at radius 3 is 3.11 bits per heavy atom. The Balaban J connectivity index is 1.89. The van der Waals surface area contributed by atoms with Crippen LogP contribution in [-0.4, -0.2) is 32.1 Å². The van der Waals surface area contributed by atoms with Crippen molar-refractivity contribution < 1.29 is 0 Å². The fourth-order valence-corrected chi connectivity index (χ4v) is 3.56. The summed E-state index contributed by atoms with van der Waals surface area (Å²) in [6.07, 6.45) is 3.83. The van der Waals surface area contributed by atoms with E-state index in [1.54, 1.807) is 0 Å². The average molecular weight is 278 g/mol. The summed E-state index contributed by atoms with van der Waals surface area (Å²) in [4.78, 5) is 19.3. The minimum absolute atomic E-state index is 0.0864. The monoisotopic (exact) mass is 278 g/mol. The summed E-state index contributed by atoms with van der Waals surface area (Å²) < 4.78 is 1.42. The zero-order valence-corrected chi connectivity index (χ0v) is 12.1. The summed E-state index contributed by atoms with van der Waals surface area (Å²) in [5.74, 6) is 0. The maximum absolute atomic E-state index is 11.8. The molecule has 102 valence electrons. The van der Waals surface area contributed by atoms with Gasteiger partial charge in [0.05, 0.1) is 6.54 Å². The number of likely N-dealkylation sites (tertiary alicyclic amines) is 1. The third kappa shape index (κ3) is 2.55. The van der Waals surface area contributed by atoms with Gasteiger partial charge in [-0.1, -0.05) is 17.8 Å². The van der Waals surface area contributed by atoms with Crippen LogP contribution < -0.4 is 5.56 Å². The summed E-state index contributed by atoms with van der Waals surface area (Å²) >= 11 is 1.52. The summed E-state index contributed by atoms with van der Waals surface area (Å²) in [7, 11) is 0. The van der Waals surface area contributed by atoms with Gasteiger partial charge < -0.3 is 0 Å². The van der Waals surface area contributed by atoms with Crippen molar-refractivity contribution in [2.75, 3.05) is 6.54 Å². The molecule has 1 saturated heterocycles. The molecule has 1 unspecified atom stereocenters. The van der Waals surface area contributed by atoms with E-state index < -0.39 is 0 Å². The lowest BCUT2D eigenvalue weighted by atomic mass is 10.0. The lowest BCUT2D eigenvalue weighted by Crippen LogP contribution is -2.36. The molecule has 0 bridgehead atoms. The third-order valence-corrected chi connectivity index (χ3v) is 4.59. The topological polar surface area (TPSA) is 50.5 Å². The Morgan fingerprint density at radius 1 is 1.47 bits per heavy atom. The molecule has 2 aromatic heterocycles. The van der Waals surface area contributed by atoms with Crippen molar-refractivity contribution in [3.63, 3.8) is 0 Å². The van der Waals surface area contributed by atoms with Crippen LogP contribution in [0.1, 0.15) is 36.9 Å². The van der Waals surface area contributed by atoms with Crippen molar-refractivity contribution in [2.45, 2.75) is 45.7 Å².